The summed E-state index contributed by atoms with van der Waals surface area (Å²) in [5.41, 5.74) is 0.188. The second kappa shape index (κ2) is 9.73. The Hall–Kier alpha value is -2.22. The van der Waals surface area contributed by atoms with Gasteiger partial charge in [-0.25, -0.2) is 9.59 Å². The number of esters is 1. The van der Waals surface area contributed by atoms with Crippen LogP contribution in [0.4, 0.5) is 0 Å². The van der Waals surface area contributed by atoms with Crippen molar-refractivity contribution in [2.24, 2.45) is 0 Å². The van der Waals surface area contributed by atoms with Crippen molar-refractivity contribution in [1.82, 2.24) is 0 Å². The van der Waals surface area contributed by atoms with Crippen LogP contribution in [0, 0.1) is 0 Å². The molecule has 0 fully saturated rings. The number of carboxylic acid groups (broad SMARTS) is 1. The molecular weight excluding hydrogens is 304 g/mol. The van der Waals surface area contributed by atoms with E-state index in [0.717, 1.165) is 0 Å². The molecular formula is C16H20O7. The molecule has 0 aromatic heterocycles. The van der Waals surface area contributed by atoms with Crippen LogP contribution in [0.2, 0.25) is 0 Å². The number of benzene rings is 1. The minimum Gasteiger partial charge on any atom is -0.478 e. The van der Waals surface area contributed by atoms with E-state index in [9.17, 15) is 14.7 Å². The molecule has 0 spiro atoms. The highest BCUT2D eigenvalue weighted by atomic mass is 16.6. The summed E-state index contributed by atoms with van der Waals surface area (Å²) < 4.78 is 5.18. The average Bonchev–Trinajstić information content (AvgIpc) is 2.56. The highest BCUT2D eigenvalue weighted by Crippen LogP contribution is 2.13. The highest BCUT2D eigenvalue weighted by molar-refractivity contribution is 5.92. The molecule has 0 heterocycles. The Morgan fingerprint density at radius 1 is 1.13 bits per heavy atom. The first-order chi connectivity index (χ1) is 11.0. The Morgan fingerprint density at radius 2 is 1.74 bits per heavy atom. The standard InChI is InChI=1S/C16H20O7/c17-9-1-3-13(19)14(4-2-10-18)23-16(22)12-7-5-11(6-8-12)15(20)21/h2,4-8,13-14,17-19H,1,3,9-10H2,(H,20,21). The van der Waals surface area contributed by atoms with Crippen molar-refractivity contribution < 1.29 is 34.8 Å². The van der Waals surface area contributed by atoms with E-state index in [1.54, 1.807) is 0 Å². The quantitative estimate of drug-likeness (QED) is 0.387. The second-order valence-corrected chi connectivity index (χ2v) is 4.80. The number of hydrogen-bond donors (Lipinski definition) is 4. The van der Waals surface area contributed by atoms with Gasteiger partial charge >= 0.3 is 11.9 Å². The summed E-state index contributed by atoms with van der Waals surface area (Å²) in [5.74, 6) is -1.83. The van der Waals surface area contributed by atoms with E-state index in [4.69, 9.17) is 20.1 Å². The van der Waals surface area contributed by atoms with E-state index < -0.39 is 24.1 Å². The third-order valence-corrected chi connectivity index (χ3v) is 3.08. The molecule has 2 atom stereocenters. The smallest absolute Gasteiger partial charge is 0.338 e. The van der Waals surface area contributed by atoms with Gasteiger partial charge in [0.25, 0.3) is 0 Å². The summed E-state index contributed by atoms with van der Waals surface area (Å²) in [7, 11) is 0. The summed E-state index contributed by atoms with van der Waals surface area (Å²) in [5, 5.41) is 36.4. The van der Waals surface area contributed by atoms with E-state index in [1.165, 1.54) is 36.4 Å². The zero-order chi connectivity index (χ0) is 17.2. The van der Waals surface area contributed by atoms with Crippen LogP contribution in [0.5, 0.6) is 0 Å². The van der Waals surface area contributed by atoms with E-state index in [0.29, 0.717) is 6.42 Å². The molecule has 1 aromatic rings. The van der Waals surface area contributed by atoms with Gasteiger partial charge in [-0.3, -0.25) is 0 Å². The first-order valence-corrected chi connectivity index (χ1v) is 7.10. The van der Waals surface area contributed by atoms with E-state index in [1.807, 2.05) is 0 Å². The molecule has 7 nitrogen and oxygen atoms in total. The molecule has 0 aliphatic rings. The Labute approximate surface area is 133 Å². The van der Waals surface area contributed by atoms with Gasteiger partial charge in [0.05, 0.1) is 23.8 Å². The number of aromatic carboxylic acids is 1. The summed E-state index contributed by atoms with van der Waals surface area (Å²) in [6, 6.07) is 5.19. The molecule has 0 saturated heterocycles. The molecule has 126 valence electrons. The molecule has 1 aromatic carbocycles. The summed E-state index contributed by atoms with van der Waals surface area (Å²) in [6.07, 6.45) is 1.28. The van der Waals surface area contributed by atoms with Crippen LogP contribution < -0.4 is 0 Å². The van der Waals surface area contributed by atoms with E-state index in [-0.39, 0.29) is 30.8 Å². The van der Waals surface area contributed by atoms with Gasteiger partial charge in [0, 0.05) is 6.61 Å². The van der Waals surface area contributed by atoms with Crippen LogP contribution in [-0.2, 0) is 4.74 Å². The predicted octanol–water partition coefficient (Wildman–Crippen LogP) is 0.592. The van der Waals surface area contributed by atoms with Gasteiger partial charge in [-0.1, -0.05) is 6.08 Å². The van der Waals surface area contributed by atoms with Crippen molar-refractivity contribution in [2.75, 3.05) is 13.2 Å². The molecule has 0 amide bonds. The molecule has 4 N–H and O–H groups in total. The number of hydrogen-bond acceptors (Lipinski definition) is 6. The minimum atomic E-state index is -1.10. The molecule has 0 saturated carbocycles. The molecule has 7 heteroatoms. The van der Waals surface area contributed by atoms with E-state index >= 15 is 0 Å². The Morgan fingerprint density at radius 3 is 2.26 bits per heavy atom. The van der Waals surface area contributed by atoms with E-state index in [2.05, 4.69) is 0 Å². The zero-order valence-corrected chi connectivity index (χ0v) is 12.5. The normalized spacial score (nSPS) is 13.7. The van der Waals surface area contributed by atoms with Crippen molar-refractivity contribution in [3.8, 4) is 0 Å². The van der Waals surface area contributed by atoms with Crippen molar-refractivity contribution in [1.29, 1.82) is 0 Å². The zero-order valence-electron chi connectivity index (χ0n) is 12.5. The molecule has 1 rings (SSSR count). The fraction of sp³-hybridized carbons (Fsp3) is 0.375. The van der Waals surface area contributed by atoms with Crippen LogP contribution >= 0.6 is 0 Å². The maximum atomic E-state index is 12.1. The van der Waals surface area contributed by atoms with Crippen molar-refractivity contribution >= 4 is 11.9 Å². The lowest BCUT2D eigenvalue weighted by Gasteiger charge is -2.20. The fourth-order valence-corrected chi connectivity index (χ4v) is 1.85. The maximum Gasteiger partial charge on any atom is 0.338 e. The summed E-state index contributed by atoms with van der Waals surface area (Å²) in [4.78, 5) is 22.8. The van der Waals surface area contributed by atoms with Crippen LogP contribution in [0.15, 0.2) is 36.4 Å². The Kier molecular flexibility index (Phi) is 7.96. The SMILES string of the molecule is O=C(O)c1ccc(C(=O)OC(C=CCO)C(O)CCCO)cc1. The first kappa shape index (κ1) is 18.8. The minimum absolute atomic E-state index is 0.0428. The van der Waals surface area contributed by atoms with Gasteiger partial charge < -0.3 is 25.2 Å². The highest BCUT2D eigenvalue weighted by Gasteiger charge is 2.21. The topological polar surface area (TPSA) is 124 Å². The van der Waals surface area contributed by atoms with Crippen molar-refractivity contribution in [3.63, 3.8) is 0 Å². The number of carboxylic acids is 1. The van der Waals surface area contributed by atoms with Gasteiger partial charge in [-0.05, 0) is 43.2 Å². The van der Waals surface area contributed by atoms with Crippen molar-refractivity contribution in [2.45, 2.75) is 25.0 Å². The molecule has 0 aliphatic heterocycles. The number of carbonyl (C=O) groups excluding carboxylic acids is 1. The molecule has 0 bridgehead atoms. The van der Waals surface area contributed by atoms with Gasteiger partial charge in [-0.2, -0.15) is 0 Å². The van der Waals surface area contributed by atoms with Gasteiger partial charge in [-0.15, -0.1) is 0 Å². The van der Waals surface area contributed by atoms with Gasteiger partial charge in [0.2, 0.25) is 0 Å². The third-order valence-electron chi connectivity index (χ3n) is 3.08. The molecule has 0 aliphatic carbocycles. The monoisotopic (exact) mass is 324 g/mol. The van der Waals surface area contributed by atoms with Crippen LogP contribution in [-0.4, -0.2) is 57.8 Å². The third kappa shape index (κ3) is 6.19. The lowest BCUT2D eigenvalue weighted by Crippen LogP contribution is -2.30. The molecule has 23 heavy (non-hydrogen) atoms. The van der Waals surface area contributed by atoms with Crippen LogP contribution in [0.1, 0.15) is 33.6 Å². The Bertz CT molecular complexity index is 536. The number of carbonyl (C=O) groups is 2. The lowest BCUT2D eigenvalue weighted by atomic mass is 10.1. The first-order valence-electron chi connectivity index (χ1n) is 7.10. The van der Waals surface area contributed by atoms with Crippen molar-refractivity contribution in [3.05, 3.63) is 47.5 Å². The summed E-state index contributed by atoms with van der Waals surface area (Å²) in [6.45, 7) is -0.369. The second-order valence-electron chi connectivity index (χ2n) is 4.80. The lowest BCUT2D eigenvalue weighted by molar-refractivity contribution is -0.00408. The number of rotatable bonds is 9. The maximum absolute atomic E-state index is 12.1. The number of aliphatic hydroxyl groups excluding tert-OH is 3. The summed E-state index contributed by atoms with van der Waals surface area (Å²) >= 11 is 0. The molecule has 0 radical (unpaired) electrons. The largest absolute Gasteiger partial charge is 0.478 e. The van der Waals surface area contributed by atoms with Gasteiger partial charge in [0.15, 0.2) is 0 Å². The fourth-order valence-electron chi connectivity index (χ4n) is 1.85. The van der Waals surface area contributed by atoms with Gasteiger partial charge in [0.1, 0.15) is 6.10 Å². The number of ether oxygens (including phenoxy) is 1. The average molecular weight is 324 g/mol. The number of aliphatic hydroxyl groups is 3. The Balaban J connectivity index is 2.78. The van der Waals surface area contributed by atoms with Crippen LogP contribution in [0.3, 0.4) is 0 Å². The molecule has 2 unspecified atom stereocenters. The van der Waals surface area contributed by atoms with Crippen LogP contribution in [0.25, 0.3) is 0 Å². The predicted molar refractivity (Wildman–Crippen MR) is 81.2 cm³/mol.